The van der Waals surface area contributed by atoms with Gasteiger partial charge in [0.15, 0.2) is 0 Å². The van der Waals surface area contributed by atoms with Crippen LogP contribution in [0.3, 0.4) is 0 Å². The van der Waals surface area contributed by atoms with E-state index in [-0.39, 0.29) is 18.5 Å². The molecular formula is C23H25N5O2S. The number of benzene rings is 1. The molecule has 3 heterocycles. The Morgan fingerprint density at radius 1 is 1.06 bits per heavy atom. The molecule has 1 fully saturated rings. The maximum atomic E-state index is 12.3. The lowest BCUT2D eigenvalue weighted by atomic mass is 10.1. The van der Waals surface area contributed by atoms with Gasteiger partial charge >= 0.3 is 6.03 Å². The van der Waals surface area contributed by atoms with Crippen LogP contribution in [-0.4, -0.2) is 45.4 Å². The van der Waals surface area contributed by atoms with Crippen molar-refractivity contribution in [3.05, 3.63) is 65.2 Å². The van der Waals surface area contributed by atoms with Crippen molar-refractivity contribution in [2.24, 2.45) is 0 Å². The van der Waals surface area contributed by atoms with E-state index in [4.69, 9.17) is 0 Å². The number of amides is 3. The normalized spacial score (nSPS) is 15.2. The Balaban J connectivity index is 1.34. The first-order valence-corrected chi connectivity index (χ1v) is 11.1. The molecule has 0 saturated carbocycles. The van der Waals surface area contributed by atoms with Crippen LogP contribution in [0.2, 0.25) is 0 Å². The number of nitrogens with zero attached hydrogens (tertiary/aromatic N) is 3. The number of carbonyl (C=O) groups is 2. The Bertz CT molecular complexity index is 1080. The van der Waals surface area contributed by atoms with Gasteiger partial charge in [-0.3, -0.25) is 9.69 Å². The second kappa shape index (κ2) is 8.85. The van der Waals surface area contributed by atoms with Crippen molar-refractivity contribution in [1.29, 1.82) is 0 Å². The molecule has 160 valence electrons. The number of hydrogen-bond acceptors (Lipinski definition) is 6. The Morgan fingerprint density at radius 2 is 1.87 bits per heavy atom. The summed E-state index contributed by atoms with van der Waals surface area (Å²) in [6, 6.07) is 16.2. The molecule has 2 N–H and O–H groups in total. The fourth-order valence-corrected chi connectivity index (χ4v) is 4.42. The van der Waals surface area contributed by atoms with E-state index in [9.17, 15) is 9.59 Å². The quantitative estimate of drug-likeness (QED) is 0.527. The van der Waals surface area contributed by atoms with Gasteiger partial charge in [-0.1, -0.05) is 30.3 Å². The smallest absolute Gasteiger partial charge is 0.325 e. The molecular weight excluding hydrogens is 410 g/mol. The molecule has 8 heteroatoms. The van der Waals surface area contributed by atoms with Crippen LogP contribution in [-0.2, 0) is 17.6 Å². The molecule has 1 aliphatic heterocycles. The zero-order valence-electron chi connectivity index (χ0n) is 17.6. The number of hydrogen-bond donors (Lipinski definition) is 2. The molecule has 0 radical (unpaired) electrons. The largest absolute Gasteiger partial charge is 0.352 e. The van der Waals surface area contributed by atoms with Crippen molar-refractivity contribution >= 4 is 29.2 Å². The van der Waals surface area contributed by atoms with Gasteiger partial charge in [0.05, 0.1) is 10.6 Å². The maximum Gasteiger partial charge on any atom is 0.325 e. The number of rotatable bonds is 8. The average molecular weight is 436 g/mol. The average Bonchev–Trinajstić information content (AvgIpc) is 3.31. The minimum atomic E-state index is -0.856. The molecule has 0 atom stereocenters. The summed E-state index contributed by atoms with van der Waals surface area (Å²) in [5.41, 5.74) is 1.33. The molecule has 4 rings (SSSR count). The monoisotopic (exact) mass is 435 g/mol. The van der Waals surface area contributed by atoms with E-state index in [0.29, 0.717) is 12.5 Å². The van der Waals surface area contributed by atoms with E-state index >= 15 is 0 Å². The number of imide groups is 1. The highest BCUT2D eigenvalue weighted by molar-refractivity contribution is 7.15. The second-order valence-electron chi connectivity index (χ2n) is 7.96. The fourth-order valence-electron chi connectivity index (χ4n) is 3.44. The Morgan fingerprint density at radius 3 is 2.61 bits per heavy atom. The summed E-state index contributed by atoms with van der Waals surface area (Å²) < 4.78 is 0. The summed E-state index contributed by atoms with van der Waals surface area (Å²) in [5.74, 6) is 0.249. The molecule has 7 nitrogen and oxygen atoms in total. The molecule has 0 unspecified atom stereocenters. The van der Waals surface area contributed by atoms with Crippen molar-refractivity contribution in [3.63, 3.8) is 0 Å². The van der Waals surface area contributed by atoms with E-state index in [2.05, 4.69) is 57.0 Å². The second-order valence-corrected chi connectivity index (χ2v) is 9.12. The first-order valence-electron chi connectivity index (χ1n) is 10.3. The zero-order valence-corrected chi connectivity index (χ0v) is 18.4. The molecule has 0 spiro atoms. The summed E-state index contributed by atoms with van der Waals surface area (Å²) in [5, 5.41) is 5.79. The summed E-state index contributed by atoms with van der Waals surface area (Å²) in [6.45, 7) is 4.03. The number of anilines is 1. The molecule has 2 aromatic heterocycles. The molecule has 0 aliphatic carbocycles. The zero-order chi connectivity index (χ0) is 21.8. The molecule has 0 bridgehead atoms. The molecule has 1 saturated heterocycles. The van der Waals surface area contributed by atoms with Gasteiger partial charge < -0.3 is 10.6 Å². The number of aryl methyl sites for hydroxylation is 2. The first-order chi connectivity index (χ1) is 14.9. The van der Waals surface area contributed by atoms with Crippen LogP contribution in [0.25, 0.3) is 10.6 Å². The first kappa shape index (κ1) is 21.0. The van der Waals surface area contributed by atoms with E-state index in [1.807, 2.05) is 12.1 Å². The maximum absolute atomic E-state index is 12.3. The lowest BCUT2D eigenvalue weighted by Gasteiger charge is -2.16. The van der Waals surface area contributed by atoms with Crippen molar-refractivity contribution in [3.8, 4) is 10.6 Å². The molecule has 1 aromatic carbocycles. The van der Waals surface area contributed by atoms with E-state index in [1.54, 1.807) is 31.4 Å². The number of urea groups is 1. The van der Waals surface area contributed by atoms with Crippen LogP contribution in [0, 0.1) is 0 Å². The highest BCUT2D eigenvalue weighted by atomic mass is 32.1. The topological polar surface area (TPSA) is 87.2 Å². The van der Waals surface area contributed by atoms with Crippen molar-refractivity contribution in [2.75, 3.05) is 18.4 Å². The molecule has 1 aliphatic rings. The minimum absolute atomic E-state index is 0.226. The third-order valence-electron chi connectivity index (χ3n) is 5.14. The predicted molar refractivity (Wildman–Crippen MR) is 122 cm³/mol. The van der Waals surface area contributed by atoms with Gasteiger partial charge in [0.25, 0.3) is 5.91 Å². The van der Waals surface area contributed by atoms with Crippen LogP contribution in [0.5, 0.6) is 0 Å². The van der Waals surface area contributed by atoms with Crippen molar-refractivity contribution in [2.45, 2.75) is 32.2 Å². The van der Waals surface area contributed by atoms with Crippen molar-refractivity contribution in [1.82, 2.24) is 20.2 Å². The molecule has 3 amide bonds. The summed E-state index contributed by atoms with van der Waals surface area (Å²) in [4.78, 5) is 36.7. The summed E-state index contributed by atoms with van der Waals surface area (Å²) in [6.07, 6.45) is 3.72. The Hall–Kier alpha value is -3.26. The van der Waals surface area contributed by atoms with Crippen molar-refractivity contribution < 1.29 is 9.59 Å². The van der Waals surface area contributed by atoms with Gasteiger partial charge in [-0.25, -0.2) is 14.8 Å². The highest BCUT2D eigenvalue weighted by Gasteiger charge is 2.43. The van der Waals surface area contributed by atoms with Crippen LogP contribution in [0.15, 0.2) is 54.7 Å². The lowest BCUT2D eigenvalue weighted by molar-refractivity contribution is -0.130. The number of aromatic nitrogens is 2. The SMILES string of the molecule is CC1(C)NC(=O)N(CCNc2nccc(-c3ccc(CCc4ccccc4)s3)n2)C1=O. The molecule has 31 heavy (non-hydrogen) atoms. The van der Waals surface area contributed by atoms with E-state index in [0.717, 1.165) is 23.4 Å². The Kier molecular flexibility index (Phi) is 5.99. The van der Waals surface area contributed by atoms with Gasteiger partial charge in [-0.2, -0.15) is 0 Å². The van der Waals surface area contributed by atoms with E-state index < -0.39 is 5.54 Å². The van der Waals surface area contributed by atoms with Gasteiger partial charge in [-0.05, 0) is 50.5 Å². The fraction of sp³-hybridized carbons (Fsp3) is 0.304. The highest BCUT2D eigenvalue weighted by Crippen LogP contribution is 2.28. The number of nitrogens with one attached hydrogen (secondary N) is 2. The lowest BCUT2D eigenvalue weighted by Crippen LogP contribution is -2.40. The van der Waals surface area contributed by atoms with Gasteiger partial charge in [0, 0.05) is 24.2 Å². The van der Waals surface area contributed by atoms with E-state index in [1.165, 1.54) is 15.3 Å². The van der Waals surface area contributed by atoms with Gasteiger partial charge in [-0.15, -0.1) is 11.3 Å². The van der Waals surface area contributed by atoms with Crippen LogP contribution >= 0.6 is 11.3 Å². The standard InChI is InChI=1S/C23H25N5O2S/c1-23(2)20(29)28(22(30)27-23)15-14-25-21-24-13-12-18(26-21)19-11-10-17(31-19)9-8-16-6-4-3-5-7-16/h3-7,10-13H,8-9,14-15H2,1-2H3,(H,27,30)(H,24,25,26). The summed E-state index contributed by atoms with van der Waals surface area (Å²) >= 11 is 1.73. The van der Waals surface area contributed by atoms with Gasteiger partial charge in [0.1, 0.15) is 5.54 Å². The van der Waals surface area contributed by atoms with Crippen LogP contribution in [0.1, 0.15) is 24.3 Å². The third kappa shape index (κ3) is 4.91. The predicted octanol–water partition coefficient (Wildman–Crippen LogP) is 3.73. The van der Waals surface area contributed by atoms with Crippen LogP contribution < -0.4 is 10.6 Å². The Labute approximate surface area is 185 Å². The minimum Gasteiger partial charge on any atom is -0.352 e. The third-order valence-corrected chi connectivity index (χ3v) is 6.30. The summed E-state index contributed by atoms with van der Waals surface area (Å²) in [7, 11) is 0. The van der Waals surface area contributed by atoms with Gasteiger partial charge in [0.2, 0.25) is 5.95 Å². The molecule has 3 aromatic rings. The van der Waals surface area contributed by atoms with Crippen LogP contribution in [0.4, 0.5) is 10.7 Å². The number of thiophene rings is 1. The number of carbonyl (C=O) groups excluding carboxylic acids is 2.